The molecule has 2 N–H and O–H groups in total. The summed E-state index contributed by atoms with van der Waals surface area (Å²) in [6, 6.07) is 5.60. The Kier molecular flexibility index (Phi) is 5.18. The van der Waals surface area contributed by atoms with Gasteiger partial charge in [0.2, 0.25) is 0 Å². The molecule has 1 amide bonds. The number of amides is 1. The molecule has 20 heavy (non-hydrogen) atoms. The van der Waals surface area contributed by atoms with Crippen LogP contribution in [0.15, 0.2) is 24.3 Å². The lowest BCUT2D eigenvalue weighted by Gasteiger charge is -2.14. The number of aliphatic hydroxyl groups excluding tert-OH is 1. The first kappa shape index (κ1) is 16.5. The van der Waals surface area contributed by atoms with Gasteiger partial charge in [-0.2, -0.15) is 0 Å². The van der Waals surface area contributed by atoms with Crippen LogP contribution in [-0.4, -0.2) is 44.8 Å². The van der Waals surface area contributed by atoms with Gasteiger partial charge in [-0.1, -0.05) is 12.1 Å². The maximum atomic E-state index is 12.7. The standard InChI is InChI=1S/C12H15F2NO4S/c1-20(18,19)6-9-2-4-10(5-3-9)11(17)15-7-12(13,14)8-16/h2-5,16H,6-8H2,1H3,(H,15,17). The minimum absolute atomic E-state index is 0.135. The van der Waals surface area contributed by atoms with Gasteiger partial charge in [0.25, 0.3) is 11.8 Å². The smallest absolute Gasteiger partial charge is 0.287 e. The van der Waals surface area contributed by atoms with E-state index in [1.165, 1.54) is 24.3 Å². The summed E-state index contributed by atoms with van der Waals surface area (Å²) in [5, 5.41) is 10.4. The lowest BCUT2D eigenvalue weighted by atomic mass is 10.1. The lowest BCUT2D eigenvalue weighted by molar-refractivity contribution is -0.0462. The van der Waals surface area contributed by atoms with Crippen molar-refractivity contribution in [1.82, 2.24) is 5.32 Å². The lowest BCUT2D eigenvalue weighted by Crippen LogP contribution is -2.38. The number of alkyl halides is 2. The molecule has 0 aliphatic carbocycles. The fraction of sp³-hybridized carbons (Fsp3) is 0.417. The number of sulfone groups is 1. The topological polar surface area (TPSA) is 83.5 Å². The number of carbonyl (C=O) groups is 1. The van der Waals surface area contributed by atoms with E-state index in [0.717, 1.165) is 6.26 Å². The van der Waals surface area contributed by atoms with E-state index in [1.54, 1.807) is 0 Å². The highest BCUT2D eigenvalue weighted by Crippen LogP contribution is 2.11. The fourth-order valence-electron chi connectivity index (χ4n) is 1.42. The van der Waals surface area contributed by atoms with Crippen molar-refractivity contribution in [3.63, 3.8) is 0 Å². The van der Waals surface area contributed by atoms with Crippen molar-refractivity contribution in [3.8, 4) is 0 Å². The first-order valence-electron chi connectivity index (χ1n) is 5.66. The van der Waals surface area contributed by atoms with Crippen LogP contribution < -0.4 is 5.32 Å². The Morgan fingerprint density at radius 3 is 2.30 bits per heavy atom. The van der Waals surface area contributed by atoms with Crippen LogP contribution in [0.25, 0.3) is 0 Å². The van der Waals surface area contributed by atoms with Crippen molar-refractivity contribution in [3.05, 3.63) is 35.4 Å². The van der Waals surface area contributed by atoms with Gasteiger partial charge in [-0.05, 0) is 17.7 Å². The van der Waals surface area contributed by atoms with E-state index in [0.29, 0.717) is 5.56 Å². The SMILES string of the molecule is CS(=O)(=O)Cc1ccc(C(=O)NCC(F)(F)CO)cc1. The number of carbonyl (C=O) groups excluding carboxylic acids is 1. The van der Waals surface area contributed by atoms with E-state index in [9.17, 15) is 22.0 Å². The predicted octanol–water partition coefficient (Wildman–Crippen LogP) is 0.589. The number of nitrogens with one attached hydrogen (secondary N) is 1. The van der Waals surface area contributed by atoms with Crippen molar-refractivity contribution in [1.29, 1.82) is 0 Å². The Labute approximate surface area is 115 Å². The van der Waals surface area contributed by atoms with Gasteiger partial charge >= 0.3 is 0 Å². The van der Waals surface area contributed by atoms with Gasteiger partial charge in [0.05, 0.1) is 12.3 Å². The second-order valence-corrected chi connectivity index (χ2v) is 6.60. The molecule has 112 valence electrons. The van der Waals surface area contributed by atoms with Crippen LogP contribution in [0.1, 0.15) is 15.9 Å². The van der Waals surface area contributed by atoms with Crippen molar-refractivity contribution in [2.24, 2.45) is 0 Å². The second-order valence-electron chi connectivity index (χ2n) is 4.46. The average molecular weight is 307 g/mol. The van der Waals surface area contributed by atoms with Crippen LogP contribution in [0.3, 0.4) is 0 Å². The normalized spacial score (nSPS) is 12.2. The van der Waals surface area contributed by atoms with Crippen LogP contribution in [0.5, 0.6) is 0 Å². The molecule has 1 aromatic rings. The molecule has 8 heteroatoms. The highest BCUT2D eigenvalue weighted by Gasteiger charge is 2.28. The third kappa shape index (κ3) is 5.62. The maximum absolute atomic E-state index is 12.7. The van der Waals surface area contributed by atoms with Crippen molar-refractivity contribution >= 4 is 15.7 Å². The molecule has 0 heterocycles. The molecule has 0 aromatic heterocycles. The van der Waals surface area contributed by atoms with Gasteiger partial charge in [-0.15, -0.1) is 0 Å². The third-order valence-corrected chi connectivity index (χ3v) is 3.24. The van der Waals surface area contributed by atoms with Gasteiger partial charge in [0, 0.05) is 11.8 Å². The highest BCUT2D eigenvalue weighted by molar-refractivity contribution is 7.89. The van der Waals surface area contributed by atoms with Gasteiger partial charge < -0.3 is 10.4 Å². The zero-order valence-corrected chi connectivity index (χ0v) is 11.6. The molecule has 0 fully saturated rings. The van der Waals surface area contributed by atoms with Gasteiger partial charge in [0.15, 0.2) is 9.84 Å². The minimum Gasteiger partial charge on any atom is -0.390 e. The van der Waals surface area contributed by atoms with E-state index in [-0.39, 0.29) is 11.3 Å². The fourth-order valence-corrected chi connectivity index (χ4v) is 2.22. The highest BCUT2D eigenvalue weighted by atomic mass is 32.2. The molecule has 1 aromatic carbocycles. The number of benzene rings is 1. The van der Waals surface area contributed by atoms with Crippen molar-refractivity contribution in [2.45, 2.75) is 11.7 Å². The summed E-state index contributed by atoms with van der Waals surface area (Å²) in [7, 11) is -3.17. The summed E-state index contributed by atoms with van der Waals surface area (Å²) in [5.41, 5.74) is 0.640. The van der Waals surface area contributed by atoms with Crippen LogP contribution in [-0.2, 0) is 15.6 Å². The molecule has 0 aliphatic heterocycles. The maximum Gasteiger partial charge on any atom is 0.287 e. The van der Waals surface area contributed by atoms with Crippen LogP contribution >= 0.6 is 0 Å². The van der Waals surface area contributed by atoms with Gasteiger partial charge in [-0.3, -0.25) is 4.79 Å². The Balaban J connectivity index is 2.67. The second kappa shape index (κ2) is 6.27. The molecule has 0 radical (unpaired) electrons. The number of rotatable bonds is 6. The summed E-state index contributed by atoms with van der Waals surface area (Å²) in [4.78, 5) is 11.6. The summed E-state index contributed by atoms with van der Waals surface area (Å²) in [6.45, 7) is -2.31. The zero-order valence-electron chi connectivity index (χ0n) is 10.8. The van der Waals surface area contributed by atoms with E-state index in [4.69, 9.17) is 5.11 Å². The molecule has 0 spiro atoms. The van der Waals surface area contributed by atoms with Crippen LogP contribution in [0.4, 0.5) is 8.78 Å². The molecular weight excluding hydrogens is 292 g/mol. The zero-order chi connectivity index (χ0) is 15.4. The number of hydrogen-bond donors (Lipinski definition) is 2. The van der Waals surface area contributed by atoms with E-state index < -0.39 is 34.8 Å². The molecule has 0 aliphatic rings. The predicted molar refractivity (Wildman–Crippen MR) is 69.4 cm³/mol. The first-order chi connectivity index (χ1) is 9.13. The van der Waals surface area contributed by atoms with Gasteiger partial charge in [-0.25, -0.2) is 17.2 Å². The summed E-state index contributed by atoms with van der Waals surface area (Å²) in [6.07, 6.45) is 1.09. The Bertz CT molecular complexity index is 570. The summed E-state index contributed by atoms with van der Waals surface area (Å²) >= 11 is 0. The molecular formula is C12H15F2NO4S. The molecule has 1 rings (SSSR count). The number of hydrogen-bond acceptors (Lipinski definition) is 4. The monoisotopic (exact) mass is 307 g/mol. The summed E-state index contributed by atoms with van der Waals surface area (Å²) in [5.74, 6) is -4.24. The van der Waals surface area contributed by atoms with E-state index in [2.05, 4.69) is 0 Å². The quantitative estimate of drug-likeness (QED) is 0.805. The number of aliphatic hydroxyl groups is 1. The molecule has 5 nitrogen and oxygen atoms in total. The minimum atomic E-state index is -3.37. The largest absolute Gasteiger partial charge is 0.390 e. The summed E-state index contributed by atoms with van der Waals surface area (Å²) < 4.78 is 47.7. The van der Waals surface area contributed by atoms with E-state index >= 15 is 0 Å². The van der Waals surface area contributed by atoms with Crippen molar-refractivity contribution in [2.75, 3.05) is 19.4 Å². The molecule has 0 bridgehead atoms. The molecule has 0 saturated heterocycles. The first-order valence-corrected chi connectivity index (χ1v) is 7.72. The average Bonchev–Trinajstić information content (AvgIpc) is 2.35. The van der Waals surface area contributed by atoms with Crippen molar-refractivity contribution < 1.29 is 27.1 Å². The molecule has 0 saturated carbocycles. The Hall–Kier alpha value is -1.54. The Morgan fingerprint density at radius 2 is 1.85 bits per heavy atom. The van der Waals surface area contributed by atoms with Crippen LogP contribution in [0, 0.1) is 0 Å². The number of halogens is 2. The van der Waals surface area contributed by atoms with Gasteiger partial charge in [0.1, 0.15) is 6.61 Å². The third-order valence-electron chi connectivity index (χ3n) is 2.38. The van der Waals surface area contributed by atoms with E-state index in [1.807, 2.05) is 5.32 Å². The molecule has 0 unspecified atom stereocenters. The Morgan fingerprint density at radius 1 is 1.30 bits per heavy atom. The van der Waals surface area contributed by atoms with Crippen LogP contribution in [0.2, 0.25) is 0 Å². The molecule has 0 atom stereocenters.